The van der Waals surface area contributed by atoms with Crippen LogP contribution in [0.3, 0.4) is 0 Å². The van der Waals surface area contributed by atoms with Gasteiger partial charge in [-0.2, -0.15) is 12.7 Å². The number of nitrogens with zero attached hydrogens (tertiary/aromatic N) is 2. The lowest BCUT2D eigenvalue weighted by Crippen LogP contribution is -2.44. The summed E-state index contributed by atoms with van der Waals surface area (Å²) in [5.41, 5.74) is 0.194. The summed E-state index contributed by atoms with van der Waals surface area (Å²) in [6, 6.07) is 12.2. The van der Waals surface area contributed by atoms with Crippen molar-refractivity contribution in [2.24, 2.45) is 0 Å². The number of rotatable bonds is 8. The molecule has 0 aromatic heterocycles. The van der Waals surface area contributed by atoms with Crippen LogP contribution in [0.15, 0.2) is 48.5 Å². The van der Waals surface area contributed by atoms with Gasteiger partial charge in [-0.1, -0.05) is 24.3 Å². The number of ether oxygens (including phenoxy) is 1. The minimum Gasteiger partial charge on any atom is -0.492 e. The van der Waals surface area contributed by atoms with Gasteiger partial charge in [-0.25, -0.2) is 8.70 Å². The van der Waals surface area contributed by atoms with Gasteiger partial charge in [0.1, 0.15) is 18.1 Å². The van der Waals surface area contributed by atoms with Crippen LogP contribution < -0.4 is 14.4 Å². The first kappa shape index (κ1) is 20.7. The van der Waals surface area contributed by atoms with Crippen LogP contribution in [0.5, 0.6) is 5.75 Å². The van der Waals surface area contributed by atoms with Crippen molar-refractivity contribution in [3.63, 3.8) is 0 Å². The maximum Gasteiger partial charge on any atom is 0.304 e. The van der Waals surface area contributed by atoms with Crippen LogP contribution in [0, 0.1) is 5.82 Å². The molecule has 1 N–H and O–H groups in total. The largest absolute Gasteiger partial charge is 0.492 e. The zero-order chi connectivity index (χ0) is 20.0. The van der Waals surface area contributed by atoms with Gasteiger partial charge in [0.25, 0.3) is 0 Å². The van der Waals surface area contributed by atoms with Gasteiger partial charge in [-0.15, -0.1) is 0 Å². The van der Waals surface area contributed by atoms with Crippen molar-refractivity contribution in [1.82, 2.24) is 4.31 Å². The highest BCUT2D eigenvalue weighted by Crippen LogP contribution is 2.25. The molecule has 2 rings (SSSR count). The Morgan fingerprint density at radius 2 is 1.74 bits per heavy atom. The van der Waals surface area contributed by atoms with Gasteiger partial charge in [0.05, 0.1) is 18.0 Å². The molecule has 0 unspecified atom stereocenters. The second-order valence-electron chi connectivity index (χ2n) is 5.73. The Kier molecular flexibility index (Phi) is 6.75. The number of anilines is 2. The van der Waals surface area contributed by atoms with E-state index in [-0.39, 0.29) is 5.69 Å². The van der Waals surface area contributed by atoms with Crippen molar-refractivity contribution < 1.29 is 22.3 Å². The number of amides is 1. The van der Waals surface area contributed by atoms with E-state index in [0.717, 1.165) is 14.7 Å². The number of hydrogen-bond donors (Lipinski definition) is 1. The molecule has 0 saturated carbocycles. The smallest absolute Gasteiger partial charge is 0.304 e. The first-order valence-electron chi connectivity index (χ1n) is 8.23. The predicted octanol–water partition coefficient (Wildman–Crippen LogP) is 2.48. The second kappa shape index (κ2) is 8.83. The summed E-state index contributed by atoms with van der Waals surface area (Å²) < 4.78 is 46.5. The van der Waals surface area contributed by atoms with Crippen molar-refractivity contribution in [1.29, 1.82) is 0 Å². The molecule has 0 aliphatic carbocycles. The number of halogens is 1. The van der Waals surface area contributed by atoms with Crippen LogP contribution in [0.4, 0.5) is 15.8 Å². The lowest BCUT2D eigenvalue weighted by molar-refractivity contribution is -0.114. The molecule has 0 atom stereocenters. The summed E-state index contributed by atoms with van der Waals surface area (Å²) in [6.45, 7) is 1.62. The maximum absolute atomic E-state index is 14.2. The molecule has 1 amide bonds. The molecule has 0 saturated heterocycles. The molecule has 27 heavy (non-hydrogen) atoms. The molecule has 0 aliphatic heterocycles. The van der Waals surface area contributed by atoms with Crippen LogP contribution in [0.1, 0.15) is 6.92 Å². The average Bonchev–Trinajstić information content (AvgIpc) is 2.62. The fourth-order valence-electron chi connectivity index (χ4n) is 2.31. The van der Waals surface area contributed by atoms with Gasteiger partial charge in [0, 0.05) is 14.1 Å². The standard InChI is InChI=1S/C18H22FN3O4S/c1-4-26-17-12-8-6-10-15(17)20-18(23)13-22(27(24,25)21(2)3)16-11-7-5-9-14(16)19/h5-12H,4,13H2,1-3H3,(H,20,23). The third kappa shape index (κ3) is 4.95. The maximum atomic E-state index is 14.2. The zero-order valence-corrected chi connectivity index (χ0v) is 16.2. The summed E-state index contributed by atoms with van der Waals surface area (Å²) in [5, 5.41) is 2.62. The quantitative estimate of drug-likeness (QED) is 0.745. The highest BCUT2D eigenvalue weighted by Gasteiger charge is 2.29. The molecule has 0 spiro atoms. The van der Waals surface area contributed by atoms with Crippen molar-refractivity contribution in [3.8, 4) is 5.75 Å². The topological polar surface area (TPSA) is 79.0 Å². The lowest BCUT2D eigenvalue weighted by Gasteiger charge is -2.27. The zero-order valence-electron chi connectivity index (χ0n) is 15.3. The first-order valence-corrected chi connectivity index (χ1v) is 9.63. The second-order valence-corrected chi connectivity index (χ2v) is 7.79. The van der Waals surface area contributed by atoms with Crippen LogP contribution in [0.2, 0.25) is 0 Å². The van der Waals surface area contributed by atoms with Crippen LogP contribution in [-0.4, -0.2) is 45.9 Å². The predicted molar refractivity (Wildman–Crippen MR) is 103 cm³/mol. The molecule has 2 aromatic carbocycles. The van der Waals surface area contributed by atoms with Crippen LogP contribution in [0.25, 0.3) is 0 Å². The summed E-state index contributed by atoms with van der Waals surface area (Å²) in [7, 11) is -1.47. The molecule has 7 nitrogen and oxygen atoms in total. The molecular formula is C18H22FN3O4S. The molecule has 146 valence electrons. The molecule has 0 heterocycles. The molecule has 0 fully saturated rings. The fraction of sp³-hybridized carbons (Fsp3) is 0.278. The molecule has 9 heteroatoms. The Balaban J connectivity index is 2.31. The number of nitrogens with one attached hydrogen (secondary N) is 1. The third-order valence-corrected chi connectivity index (χ3v) is 5.41. The van der Waals surface area contributed by atoms with E-state index in [4.69, 9.17) is 4.74 Å². The highest BCUT2D eigenvalue weighted by molar-refractivity contribution is 7.90. The van der Waals surface area contributed by atoms with E-state index < -0.39 is 28.5 Å². The first-order chi connectivity index (χ1) is 12.8. The monoisotopic (exact) mass is 395 g/mol. The normalized spacial score (nSPS) is 11.3. The summed E-state index contributed by atoms with van der Waals surface area (Å²) >= 11 is 0. The Morgan fingerprint density at radius 1 is 1.11 bits per heavy atom. The van der Waals surface area contributed by atoms with Gasteiger partial charge in [0.2, 0.25) is 5.91 Å². The SMILES string of the molecule is CCOc1ccccc1NC(=O)CN(c1ccccc1F)S(=O)(=O)N(C)C. The number of para-hydroxylation sites is 3. The minimum atomic E-state index is -4.09. The highest BCUT2D eigenvalue weighted by atomic mass is 32.2. The summed E-state index contributed by atoms with van der Waals surface area (Å²) in [4.78, 5) is 12.5. The fourth-order valence-corrected chi connectivity index (χ4v) is 3.38. The van der Waals surface area contributed by atoms with E-state index >= 15 is 0 Å². The van der Waals surface area contributed by atoms with E-state index in [1.807, 2.05) is 6.92 Å². The Hall–Kier alpha value is -2.65. The third-order valence-electron chi connectivity index (χ3n) is 3.61. The molecule has 0 bridgehead atoms. The molecular weight excluding hydrogens is 373 g/mol. The van der Waals surface area contributed by atoms with Gasteiger partial charge < -0.3 is 10.1 Å². The van der Waals surface area contributed by atoms with Crippen molar-refractivity contribution in [2.75, 3.05) is 36.9 Å². The minimum absolute atomic E-state index is 0.209. The number of carbonyl (C=O) groups is 1. The molecule has 0 aliphatic rings. The average molecular weight is 395 g/mol. The summed E-state index contributed by atoms with van der Waals surface area (Å²) in [6.07, 6.45) is 0. The van der Waals surface area contributed by atoms with Gasteiger partial charge in [-0.3, -0.25) is 4.79 Å². The van der Waals surface area contributed by atoms with Gasteiger partial charge in [0.15, 0.2) is 0 Å². The van der Waals surface area contributed by atoms with Crippen LogP contribution in [-0.2, 0) is 15.0 Å². The van der Waals surface area contributed by atoms with Crippen molar-refractivity contribution >= 4 is 27.5 Å². The van der Waals surface area contributed by atoms with E-state index in [0.29, 0.717) is 18.0 Å². The van der Waals surface area contributed by atoms with Crippen molar-refractivity contribution in [3.05, 3.63) is 54.3 Å². The van der Waals surface area contributed by atoms with E-state index in [9.17, 15) is 17.6 Å². The van der Waals surface area contributed by atoms with E-state index in [1.54, 1.807) is 24.3 Å². The van der Waals surface area contributed by atoms with E-state index in [1.165, 1.54) is 32.3 Å². The van der Waals surface area contributed by atoms with E-state index in [2.05, 4.69) is 5.32 Å². The molecule has 2 aromatic rings. The van der Waals surface area contributed by atoms with Gasteiger partial charge >= 0.3 is 10.2 Å². The van der Waals surface area contributed by atoms with Gasteiger partial charge in [-0.05, 0) is 31.2 Å². The number of carbonyl (C=O) groups excluding carboxylic acids is 1. The summed E-state index contributed by atoms with van der Waals surface area (Å²) in [5.74, 6) is -0.914. The molecule has 0 radical (unpaired) electrons. The number of hydrogen-bond acceptors (Lipinski definition) is 4. The Morgan fingerprint density at radius 3 is 2.37 bits per heavy atom. The number of benzene rings is 2. The van der Waals surface area contributed by atoms with Crippen LogP contribution >= 0.6 is 0 Å². The van der Waals surface area contributed by atoms with Crippen molar-refractivity contribution in [2.45, 2.75) is 6.92 Å². The Bertz CT molecular complexity index is 903. The lowest BCUT2D eigenvalue weighted by atomic mass is 10.3. The Labute approximate surface area is 158 Å².